The Bertz CT molecular complexity index is 1240. The highest BCUT2D eigenvalue weighted by atomic mass is 16.5. The minimum absolute atomic E-state index is 0.129. The largest absolute Gasteiger partial charge is 0.382 e. The standard InChI is InChI=1S/C30H34N2O3/c1-5-20-15-24-25(17-27(20)32-10-8-22(9-11-32)35-13-12-34-4)30(2,3)26-16-21-14-19(18-31)6-7-23(21)28(26)29(24)33/h6-7,14-15,17,22H,5,8-13,16H2,1-4H3. The third-order valence-corrected chi connectivity index (χ3v) is 8.10. The summed E-state index contributed by atoms with van der Waals surface area (Å²) in [7, 11) is 1.70. The van der Waals surface area contributed by atoms with Crippen molar-refractivity contribution in [2.75, 3.05) is 38.3 Å². The fourth-order valence-corrected chi connectivity index (χ4v) is 6.06. The second kappa shape index (κ2) is 9.26. The highest BCUT2D eigenvalue weighted by Gasteiger charge is 2.43. The highest BCUT2D eigenvalue weighted by molar-refractivity contribution is 6.33. The van der Waals surface area contributed by atoms with Crippen molar-refractivity contribution < 1.29 is 14.3 Å². The Morgan fingerprint density at radius 2 is 1.89 bits per heavy atom. The molecule has 1 saturated heterocycles. The Morgan fingerprint density at radius 1 is 1.11 bits per heavy atom. The predicted octanol–water partition coefficient (Wildman–Crippen LogP) is 5.24. The number of fused-ring (bicyclic) bond motifs is 3. The lowest BCUT2D eigenvalue weighted by Crippen LogP contribution is -2.38. The molecule has 0 spiro atoms. The number of ether oxygens (including phenoxy) is 2. The van der Waals surface area contributed by atoms with Gasteiger partial charge in [-0.05, 0) is 77.8 Å². The van der Waals surface area contributed by atoms with Gasteiger partial charge in [0.2, 0.25) is 0 Å². The molecule has 0 radical (unpaired) electrons. The molecule has 0 saturated carbocycles. The monoisotopic (exact) mass is 470 g/mol. The normalized spacial score (nSPS) is 18.8. The first kappa shape index (κ1) is 23.8. The number of aryl methyl sites for hydroxylation is 1. The summed E-state index contributed by atoms with van der Waals surface area (Å²) in [5, 5.41) is 9.36. The smallest absolute Gasteiger partial charge is 0.193 e. The number of nitriles is 1. The average molecular weight is 471 g/mol. The van der Waals surface area contributed by atoms with E-state index in [9.17, 15) is 10.1 Å². The minimum atomic E-state index is -0.257. The van der Waals surface area contributed by atoms with Crippen LogP contribution in [0.2, 0.25) is 0 Å². The van der Waals surface area contributed by atoms with Crippen LogP contribution >= 0.6 is 0 Å². The molecule has 0 aromatic heterocycles. The molecule has 0 amide bonds. The van der Waals surface area contributed by atoms with Crippen molar-refractivity contribution in [1.29, 1.82) is 5.26 Å². The van der Waals surface area contributed by atoms with Gasteiger partial charge in [0.15, 0.2) is 5.78 Å². The van der Waals surface area contributed by atoms with E-state index in [-0.39, 0.29) is 17.3 Å². The van der Waals surface area contributed by atoms with Crippen LogP contribution in [0, 0.1) is 11.3 Å². The van der Waals surface area contributed by atoms with Crippen molar-refractivity contribution in [3.63, 3.8) is 0 Å². The average Bonchev–Trinajstić information content (AvgIpc) is 3.27. The second-order valence-corrected chi connectivity index (χ2v) is 10.4. The van der Waals surface area contributed by atoms with Crippen molar-refractivity contribution in [1.82, 2.24) is 0 Å². The summed E-state index contributed by atoms with van der Waals surface area (Å²) in [6.45, 7) is 9.84. The highest BCUT2D eigenvalue weighted by Crippen LogP contribution is 2.51. The van der Waals surface area contributed by atoms with Crippen molar-refractivity contribution in [3.8, 4) is 6.07 Å². The molecule has 1 heterocycles. The molecule has 0 unspecified atom stereocenters. The third-order valence-electron chi connectivity index (χ3n) is 8.10. The Balaban J connectivity index is 1.47. The number of rotatable bonds is 6. The molecule has 0 atom stereocenters. The number of nitrogens with zero attached hydrogens (tertiary/aromatic N) is 2. The lowest BCUT2D eigenvalue weighted by Gasteiger charge is -2.38. The van der Waals surface area contributed by atoms with Crippen LogP contribution in [0.4, 0.5) is 5.69 Å². The fraction of sp³-hybridized carbons (Fsp3) is 0.467. The van der Waals surface area contributed by atoms with Crippen LogP contribution in [-0.2, 0) is 27.7 Å². The number of hydrogen-bond donors (Lipinski definition) is 0. The number of carbonyl (C=O) groups excluding carboxylic acids is 1. The van der Waals surface area contributed by atoms with E-state index in [0.29, 0.717) is 18.8 Å². The number of Topliss-reactive ketones (excluding diaryl/α,β-unsaturated/α-hetero) is 1. The number of ketones is 1. The maximum Gasteiger partial charge on any atom is 0.193 e. The van der Waals surface area contributed by atoms with Crippen LogP contribution in [0.25, 0.3) is 5.57 Å². The number of benzene rings is 2. The maximum atomic E-state index is 13.9. The van der Waals surface area contributed by atoms with E-state index in [4.69, 9.17) is 9.47 Å². The van der Waals surface area contributed by atoms with E-state index in [2.05, 4.69) is 43.9 Å². The minimum Gasteiger partial charge on any atom is -0.382 e. The van der Waals surface area contributed by atoms with E-state index in [0.717, 1.165) is 66.6 Å². The summed E-state index contributed by atoms with van der Waals surface area (Å²) in [6.07, 6.45) is 3.89. The number of allylic oxidation sites excluding steroid dienone is 2. The quantitative estimate of drug-likeness (QED) is 0.541. The fourth-order valence-electron chi connectivity index (χ4n) is 6.06. The Labute approximate surface area is 208 Å². The van der Waals surface area contributed by atoms with Crippen LogP contribution in [0.3, 0.4) is 0 Å². The van der Waals surface area contributed by atoms with Gasteiger partial charge in [0.05, 0.1) is 31.0 Å². The Kier molecular flexibility index (Phi) is 6.29. The van der Waals surface area contributed by atoms with E-state index >= 15 is 0 Å². The molecule has 0 bridgehead atoms. The lowest BCUT2D eigenvalue weighted by atomic mass is 9.68. The van der Waals surface area contributed by atoms with Gasteiger partial charge in [-0.3, -0.25) is 4.79 Å². The van der Waals surface area contributed by atoms with Crippen molar-refractivity contribution >= 4 is 17.0 Å². The van der Waals surface area contributed by atoms with Crippen LogP contribution in [0.5, 0.6) is 0 Å². The number of anilines is 1. The molecule has 35 heavy (non-hydrogen) atoms. The van der Waals surface area contributed by atoms with Gasteiger partial charge in [-0.25, -0.2) is 0 Å². The van der Waals surface area contributed by atoms with Gasteiger partial charge in [-0.2, -0.15) is 5.26 Å². The van der Waals surface area contributed by atoms with Gasteiger partial charge in [-0.1, -0.05) is 26.8 Å². The molecule has 2 aromatic carbocycles. The topological polar surface area (TPSA) is 62.6 Å². The van der Waals surface area contributed by atoms with Crippen LogP contribution in [0.15, 0.2) is 35.9 Å². The molecule has 1 fully saturated rings. The number of methoxy groups -OCH3 is 1. The van der Waals surface area contributed by atoms with Gasteiger partial charge >= 0.3 is 0 Å². The third kappa shape index (κ3) is 3.99. The second-order valence-electron chi connectivity index (χ2n) is 10.4. The summed E-state index contributed by atoms with van der Waals surface area (Å²) in [6, 6.07) is 12.4. The van der Waals surface area contributed by atoms with Gasteiger partial charge < -0.3 is 14.4 Å². The van der Waals surface area contributed by atoms with Crippen LogP contribution < -0.4 is 4.90 Å². The predicted molar refractivity (Wildman–Crippen MR) is 138 cm³/mol. The summed E-state index contributed by atoms with van der Waals surface area (Å²) < 4.78 is 11.1. The molecular formula is C30H34N2O3. The molecule has 2 aliphatic carbocycles. The maximum absolute atomic E-state index is 13.9. The van der Waals surface area contributed by atoms with Gasteiger partial charge in [-0.15, -0.1) is 0 Å². The van der Waals surface area contributed by atoms with Crippen molar-refractivity contribution in [3.05, 3.63) is 69.3 Å². The lowest BCUT2D eigenvalue weighted by molar-refractivity contribution is 0.00609. The SMILES string of the molecule is CCc1cc2c(cc1N1CCC(OCCOC)CC1)C(C)(C)C1=C(C2=O)c2ccc(C#N)cc2C1. The first-order chi connectivity index (χ1) is 16.9. The molecule has 182 valence electrons. The molecule has 1 aliphatic heterocycles. The zero-order valence-electron chi connectivity index (χ0n) is 21.2. The molecule has 3 aliphatic rings. The molecular weight excluding hydrogens is 436 g/mol. The Hall–Kier alpha value is -2.94. The summed E-state index contributed by atoms with van der Waals surface area (Å²) in [5.74, 6) is 0.129. The first-order valence-corrected chi connectivity index (χ1v) is 12.7. The zero-order valence-corrected chi connectivity index (χ0v) is 21.2. The molecule has 0 N–H and O–H groups in total. The molecule has 2 aromatic rings. The van der Waals surface area contributed by atoms with Gasteiger partial charge in [0, 0.05) is 42.4 Å². The molecule has 5 nitrogen and oxygen atoms in total. The number of piperidine rings is 1. The molecule has 5 rings (SSSR count). The van der Waals surface area contributed by atoms with Gasteiger partial charge in [0.25, 0.3) is 0 Å². The van der Waals surface area contributed by atoms with Crippen molar-refractivity contribution in [2.45, 2.75) is 58.0 Å². The van der Waals surface area contributed by atoms with Crippen molar-refractivity contribution in [2.24, 2.45) is 0 Å². The Morgan fingerprint density at radius 3 is 2.57 bits per heavy atom. The van der Waals surface area contributed by atoms with Gasteiger partial charge in [0.1, 0.15) is 0 Å². The van der Waals surface area contributed by atoms with Crippen LogP contribution in [-0.4, -0.2) is 45.3 Å². The zero-order chi connectivity index (χ0) is 24.7. The number of hydrogen-bond acceptors (Lipinski definition) is 5. The summed E-state index contributed by atoms with van der Waals surface area (Å²) in [4.78, 5) is 16.3. The van der Waals surface area contributed by atoms with E-state index in [1.165, 1.54) is 16.8 Å². The van der Waals surface area contributed by atoms with E-state index in [1.807, 2.05) is 18.2 Å². The van der Waals surface area contributed by atoms with E-state index in [1.54, 1.807) is 7.11 Å². The summed E-state index contributed by atoms with van der Waals surface area (Å²) >= 11 is 0. The number of carbonyl (C=O) groups is 1. The van der Waals surface area contributed by atoms with E-state index < -0.39 is 0 Å². The first-order valence-electron chi connectivity index (χ1n) is 12.7. The van der Waals surface area contributed by atoms with Crippen LogP contribution in [0.1, 0.15) is 71.8 Å². The molecule has 5 heteroatoms. The summed E-state index contributed by atoms with van der Waals surface area (Å²) in [5.41, 5.74) is 8.97.